The maximum Gasteiger partial charge on any atom is 0.530 e. The summed E-state index contributed by atoms with van der Waals surface area (Å²) in [5.41, 5.74) is 3.68. The zero-order valence-corrected chi connectivity index (χ0v) is 47.3. The fraction of sp³-hybridized carbons (Fsp3) is 0.281. The SMILES string of the molecule is CC(C)(C)c1ccccc1OP(Oc1ccccc1C(C)(C)C)Oc1c(CC(=O)O)cc2ccccc2c1-c1c(OP(Oc2ccccc2C(C)(C)C)Oc2ccccc2C(C)(C)C)c(CC(=O)O)cc2ccccc12. The molecule has 8 rings (SSSR count). The van der Waals surface area contributed by atoms with Gasteiger partial charge in [0.15, 0.2) is 0 Å². The van der Waals surface area contributed by atoms with Gasteiger partial charge in [-0.15, -0.1) is 0 Å². The van der Waals surface area contributed by atoms with Crippen molar-refractivity contribution in [1.82, 2.24) is 0 Å². The van der Waals surface area contributed by atoms with Gasteiger partial charge in [-0.3, -0.25) is 9.59 Å². The first-order chi connectivity index (χ1) is 35.9. The summed E-state index contributed by atoms with van der Waals surface area (Å²) < 4.78 is 42.7. The molecule has 0 aromatic heterocycles. The van der Waals surface area contributed by atoms with Crippen molar-refractivity contribution in [1.29, 1.82) is 0 Å². The average Bonchev–Trinajstić information content (AvgIpc) is 3.33. The van der Waals surface area contributed by atoms with Crippen molar-refractivity contribution >= 4 is 50.7 Å². The lowest BCUT2D eigenvalue weighted by Crippen LogP contribution is -2.16. The van der Waals surface area contributed by atoms with Gasteiger partial charge in [0, 0.05) is 44.5 Å². The van der Waals surface area contributed by atoms with Gasteiger partial charge in [-0.1, -0.05) is 204 Å². The molecule has 0 aliphatic rings. The smallest absolute Gasteiger partial charge is 0.481 e. The summed E-state index contributed by atoms with van der Waals surface area (Å²) in [5.74, 6) is 0.211. The third-order valence-electron chi connectivity index (χ3n) is 12.9. The highest BCUT2D eigenvalue weighted by Gasteiger charge is 2.35. The minimum absolute atomic E-state index is 0.151. The largest absolute Gasteiger partial charge is 0.530 e. The minimum atomic E-state index is -2.48. The Balaban J connectivity index is 1.46. The number of hydrogen-bond acceptors (Lipinski definition) is 8. The molecule has 0 fully saturated rings. The number of hydrogen-bond donors (Lipinski definition) is 2. The number of fused-ring (bicyclic) bond motifs is 2. The quantitative estimate of drug-likeness (QED) is 0.0850. The van der Waals surface area contributed by atoms with Crippen molar-refractivity contribution in [2.45, 2.75) is 118 Å². The molecule has 10 nitrogen and oxygen atoms in total. The standard InChI is InChI=1S/C64H68O10P2/c1-61(2,3)47-29-17-21-33-51(47)69-75(70-52-34-22-18-30-48(52)62(4,5)6)73-59-43(39-55(65)66)37-41-25-13-15-27-45(41)57(59)58-46-28-16-14-26-42(46)38-44(40-56(67)68)60(58)74-76(71-53-35-23-19-31-49(53)63(7,8)9)72-54-36-24-20-32-50(54)64(10,11)12/h13-38H,39-40H2,1-12H3,(H,65,66)(H,67,68). The van der Waals surface area contributed by atoms with E-state index in [4.69, 9.17) is 27.1 Å². The second kappa shape index (κ2) is 22.2. The highest BCUT2D eigenvalue weighted by molar-refractivity contribution is 7.43. The summed E-state index contributed by atoms with van der Waals surface area (Å²) in [7, 11) is -4.96. The molecule has 0 aliphatic carbocycles. The minimum Gasteiger partial charge on any atom is -0.481 e. The van der Waals surface area contributed by atoms with Crippen molar-refractivity contribution in [2.24, 2.45) is 0 Å². The maximum atomic E-state index is 13.2. The van der Waals surface area contributed by atoms with Crippen LogP contribution in [0.2, 0.25) is 0 Å². The van der Waals surface area contributed by atoms with E-state index in [1.807, 2.05) is 158 Å². The van der Waals surface area contributed by atoms with E-state index in [-0.39, 0.29) is 33.2 Å². The summed E-state index contributed by atoms with van der Waals surface area (Å²) in [6, 6.07) is 49.9. The third kappa shape index (κ3) is 12.8. The molecule has 0 aliphatic heterocycles. The van der Waals surface area contributed by atoms with Crippen LogP contribution in [0.3, 0.4) is 0 Å². The first kappa shape index (κ1) is 55.1. The summed E-state index contributed by atoms with van der Waals surface area (Å²) in [4.78, 5) is 26.4. The van der Waals surface area contributed by atoms with Crippen LogP contribution in [-0.4, -0.2) is 22.2 Å². The van der Waals surface area contributed by atoms with Gasteiger partial charge in [0.25, 0.3) is 0 Å². The van der Waals surface area contributed by atoms with Crippen molar-refractivity contribution < 1.29 is 46.9 Å². The first-order valence-corrected chi connectivity index (χ1v) is 27.6. The topological polar surface area (TPSA) is 130 Å². The van der Waals surface area contributed by atoms with Crippen molar-refractivity contribution in [3.05, 3.63) is 191 Å². The van der Waals surface area contributed by atoms with Gasteiger partial charge in [-0.05, 0) is 79.6 Å². The monoisotopic (exact) mass is 1060 g/mol. The van der Waals surface area contributed by atoms with E-state index in [1.165, 1.54) is 0 Å². The molecule has 0 heterocycles. The molecule has 0 amide bonds. The molecule has 0 radical (unpaired) electrons. The molecule has 0 saturated carbocycles. The molecule has 0 atom stereocenters. The average molecular weight is 1060 g/mol. The van der Waals surface area contributed by atoms with Gasteiger partial charge < -0.3 is 37.4 Å². The Morgan fingerprint density at radius 1 is 0.368 bits per heavy atom. The fourth-order valence-corrected chi connectivity index (χ4v) is 11.5. The molecule has 8 aromatic rings. The van der Waals surface area contributed by atoms with E-state index < -0.39 is 42.0 Å². The Hall–Kier alpha value is -7.12. The van der Waals surface area contributed by atoms with E-state index in [9.17, 15) is 19.8 Å². The Bertz CT molecular complexity index is 3070. The summed E-state index contributed by atoms with van der Waals surface area (Å²) in [6.07, 6.45) is -0.912. The van der Waals surface area contributed by atoms with Crippen molar-refractivity contribution in [3.8, 4) is 45.6 Å². The summed E-state index contributed by atoms with van der Waals surface area (Å²) in [6.45, 7) is 25.2. The van der Waals surface area contributed by atoms with Gasteiger partial charge in [-0.2, -0.15) is 0 Å². The fourth-order valence-electron chi connectivity index (χ4n) is 9.31. The predicted molar refractivity (Wildman–Crippen MR) is 308 cm³/mol. The van der Waals surface area contributed by atoms with Gasteiger partial charge in [0.1, 0.15) is 34.5 Å². The highest BCUT2D eigenvalue weighted by Crippen LogP contribution is 2.57. The van der Waals surface area contributed by atoms with Crippen molar-refractivity contribution in [2.75, 3.05) is 0 Å². The van der Waals surface area contributed by atoms with E-state index in [0.717, 1.165) is 22.3 Å². The van der Waals surface area contributed by atoms with Crippen LogP contribution in [0, 0.1) is 0 Å². The van der Waals surface area contributed by atoms with Crippen LogP contribution in [0.1, 0.15) is 116 Å². The Morgan fingerprint density at radius 3 is 0.882 bits per heavy atom. The number of rotatable bonds is 17. The van der Waals surface area contributed by atoms with E-state index >= 15 is 0 Å². The number of para-hydroxylation sites is 4. The molecule has 2 N–H and O–H groups in total. The number of carboxylic acid groups (broad SMARTS) is 2. The molecule has 76 heavy (non-hydrogen) atoms. The molecule has 0 spiro atoms. The molecule has 394 valence electrons. The Kier molecular flexibility index (Phi) is 16.1. The number of carboxylic acids is 2. The van der Waals surface area contributed by atoms with Crippen LogP contribution in [0.4, 0.5) is 0 Å². The summed E-state index contributed by atoms with van der Waals surface area (Å²) >= 11 is 0. The summed E-state index contributed by atoms with van der Waals surface area (Å²) in [5, 5.41) is 24.3. The van der Waals surface area contributed by atoms with Gasteiger partial charge in [0.2, 0.25) is 0 Å². The zero-order valence-electron chi connectivity index (χ0n) is 45.5. The van der Waals surface area contributed by atoms with Gasteiger partial charge in [0.05, 0.1) is 12.8 Å². The lowest BCUT2D eigenvalue weighted by Gasteiger charge is -2.29. The maximum absolute atomic E-state index is 13.2. The Morgan fingerprint density at radius 2 is 0.618 bits per heavy atom. The van der Waals surface area contributed by atoms with Gasteiger partial charge in [-0.25, -0.2) is 0 Å². The molecule has 0 bridgehead atoms. The molecular formula is C64H68O10P2. The second-order valence-corrected chi connectivity index (χ2v) is 25.0. The molecule has 12 heteroatoms. The molecule has 8 aromatic carbocycles. The van der Waals surface area contributed by atoms with Crippen LogP contribution in [0.25, 0.3) is 32.7 Å². The van der Waals surface area contributed by atoms with Crippen LogP contribution >= 0.6 is 17.2 Å². The van der Waals surface area contributed by atoms with E-state index in [2.05, 4.69) is 83.1 Å². The number of benzene rings is 8. The third-order valence-corrected chi connectivity index (χ3v) is 14.9. The van der Waals surface area contributed by atoms with Gasteiger partial charge >= 0.3 is 29.1 Å². The predicted octanol–water partition coefficient (Wildman–Crippen LogP) is 17.6. The van der Waals surface area contributed by atoms with Crippen LogP contribution in [0.5, 0.6) is 34.5 Å². The number of aliphatic carboxylic acids is 2. The zero-order chi connectivity index (χ0) is 54.7. The lowest BCUT2D eigenvalue weighted by atomic mass is 9.86. The van der Waals surface area contributed by atoms with Crippen LogP contribution in [0.15, 0.2) is 158 Å². The molecular weight excluding hydrogens is 991 g/mol. The van der Waals surface area contributed by atoms with Crippen LogP contribution in [-0.2, 0) is 44.1 Å². The first-order valence-electron chi connectivity index (χ1n) is 25.5. The van der Waals surface area contributed by atoms with E-state index in [1.54, 1.807) is 0 Å². The highest BCUT2D eigenvalue weighted by atomic mass is 31.2. The van der Waals surface area contributed by atoms with Crippen LogP contribution < -0.4 is 27.1 Å². The second-order valence-electron chi connectivity index (χ2n) is 23.0. The number of carbonyl (C=O) groups is 2. The Labute approximate surface area is 449 Å². The molecule has 0 saturated heterocycles. The van der Waals surface area contributed by atoms with Crippen molar-refractivity contribution in [3.63, 3.8) is 0 Å². The molecule has 0 unspecified atom stereocenters. The normalized spacial score (nSPS) is 12.2. The van der Waals surface area contributed by atoms with E-state index in [0.29, 0.717) is 66.8 Å². The lowest BCUT2D eigenvalue weighted by molar-refractivity contribution is -0.137.